The Kier molecular flexibility index (Phi) is 4.45. The molecule has 3 aromatic carbocycles. The van der Waals surface area contributed by atoms with Crippen molar-refractivity contribution in [3.8, 4) is 0 Å². The van der Waals surface area contributed by atoms with Crippen molar-refractivity contribution in [2.24, 2.45) is 0 Å². The van der Waals surface area contributed by atoms with E-state index in [-0.39, 0.29) is 6.04 Å². The Balaban J connectivity index is 1.74. The molecule has 0 amide bonds. The second-order valence-electron chi connectivity index (χ2n) is 6.09. The van der Waals surface area contributed by atoms with Gasteiger partial charge in [0.25, 0.3) is 0 Å². The minimum Gasteiger partial charge on any atom is -0.343 e. The Labute approximate surface area is 153 Å². The highest BCUT2D eigenvalue weighted by Gasteiger charge is 2.24. The normalized spacial score (nSPS) is 16.9. The van der Waals surface area contributed by atoms with Gasteiger partial charge in [-0.1, -0.05) is 60.1 Å². The SMILES string of the molecule is Clc1cccc(C2C=CN(c3ccccc3)CN2c2ccccc2)c1. The summed E-state index contributed by atoms with van der Waals surface area (Å²) >= 11 is 6.23. The third-order valence-electron chi connectivity index (χ3n) is 4.45. The Morgan fingerprint density at radius 3 is 2.12 bits per heavy atom. The fourth-order valence-electron chi connectivity index (χ4n) is 3.22. The van der Waals surface area contributed by atoms with Gasteiger partial charge in [0.15, 0.2) is 0 Å². The number of para-hydroxylation sites is 2. The van der Waals surface area contributed by atoms with Crippen LogP contribution in [0.4, 0.5) is 11.4 Å². The molecular formula is C22H19ClN2. The van der Waals surface area contributed by atoms with Crippen molar-refractivity contribution in [2.75, 3.05) is 16.5 Å². The molecule has 3 heteroatoms. The van der Waals surface area contributed by atoms with Gasteiger partial charge in [-0.05, 0) is 48.0 Å². The summed E-state index contributed by atoms with van der Waals surface area (Å²) in [5.74, 6) is 0. The zero-order valence-corrected chi connectivity index (χ0v) is 14.6. The molecule has 1 heterocycles. The first-order chi connectivity index (χ1) is 12.3. The van der Waals surface area contributed by atoms with Crippen LogP contribution in [-0.4, -0.2) is 6.67 Å². The van der Waals surface area contributed by atoms with E-state index >= 15 is 0 Å². The van der Waals surface area contributed by atoms with Crippen molar-refractivity contribution in [1.29, 1.82) is 0 Å². The monoisotopic (exact) mass is 346 g/mol. The maximum absolute atomic E-state index is 6.23. The fourth-order valence-corrected chi connectivity index (χ4v) is 3.42. The van der Waals surface area contributed by atoms with Crippen LogP contribution >= 0.6 is 11.6 Å². The highest BCUT2D eigenvalue weighted by molar-refractivity contribution is 6.30. The first-order valence-electron chi connectivity index (χ1n) is 8.38. The highest BCUT2D eigenvalue weighted by Crippen LogP contribution is 2.33. The van der Waals surface area contributed by atoms with Crippen LogP contribution in [0.1, 0.15) is 11.6 Å². The van der Waals surface area contributed by atoms with Crippen molar-refractivity contribution < 1.29 is 0 Å². The summed E-state index contributed by atoms with van der Waals surface area (Å²) in [6, 6.07) is 29.2. The van der Waals surface area contributed by atoms with Gasteiger partial charge in [0.2, 0.25) is 0 Å². The van der Waals surface area contributed by atoms with Gasteiger partial charge >= 0.3 is 0 Å². The summed E-state index contributed by atoms with van der Waals surface area (Å²) in [4.78, 5) is 4.65. The number of benzene rings is 3. The van der Waals surface area contributed by atoms with Gasteiger partial charge in [0, 0.05) is 22.6 Å². The second-order valence-corrected chi connectivity index (χ2v) is 6.53. The number of anilines is 2. The van der Waals surface area contributed by atoms with E-state index in [1.54, 1.807) is 0 Å². The van der Waals surface area contributed by atoms with Crippen LogP contribution in [-0.2, 0) is 0 Å². The molecule has 0 saturated carbocycles. The lowest BCUT2D eigenvalue weighted by atomic mass is 10.0. The number of rotatable bonds is 3. The van der Waals surface area contributed by atoms with Crippen LogP contribution in [0, 0.1) is 0 Å². The number of halogens is 1. The summed E-state index contributed by atoms with van der Waals surface area (Å²) in [7, 11) is 0. The first kappa shape index (κ1) is 15.8. The molecule has 25 heavy (non-hydrogen) atoms. The Bertz CT molecular complexity index is 861. The van der Waals surface area contributed by atoms with Crippen molar-refractivity contribution in [1.82, 2.24) is 0 Å². The van der Waals surface area contributed by atoms with E-state index in [0.29, 0.717) is 0 Å². The average Bonchev–Trinajstić information content (AvgIpc) is 2.69. The molecule has 124 valence electrons. The summed E-state index contributed by atoms with van der Waals surface area (Å²) < 4.78 is 0. The molecule has 0 radical (unpaired) electrons. The van der Waals surface area contributed by atoms with Gasteiger partial charge in [-0.15, -0.1) is 0 Å². The van der Waals surface area contributed by atoms with Gasteiger partial charge in [0.05, 0.1) is 12.7 Å². The van der Waals surface area contributed by atoms with E-state index in [2.05, 4.69) is 76.7 Å². The molecule has 1 unspecified atom stereocenters. The number of hydrogen-bond donors (Lipinski definition) is 0. The minimum absolute atomic E-state index is 0.154. The predicted octanol–water partition coefficient (Wildman–Crippen LogP) is 5.88. The molecule has 0 aromatic heterocycles. The predicted molar refractivity (Wildman–Crippen MR) is 106 cm³/mol. The number of hydrogen-bond acceptors (Lipinski definition) is 2. The second kappa shape index (κ2) is 7.04. The lowest BCUT2D eigenvalue weighted by Gasteiger charge is -2.40. The first-order valence-corrected chi connectivity index (χ1v) is 8.76. The van der Waals surface area contributed by atoms with Gasteiger partial charge in [-0.25, -0.2) is 0 Å². The molecule has 0 saturated heterocycles. The maximum atomic E-state index is 6.23. The summed E-state index contributed by atoms with van der Waals surface area (Å²) in [5, 5.41) is 0.768. The zero-order valence-electron chi connectivity index (χ0n) is 13.8. The summed E-state index contributed by atoms with van der Waals surface area (Å²) in [5.41, 5.74) is 3.57. The average molecular weight is 347 g/mol. The van der Waals surface area contributed by atoms with E-state index < -0.39 is 0 Å². The van der Waals surface area contributed by atoms with Crippen molar-refractivity contribution >= 4 is 23.0 Å². The van der Waals surface area contributed by atoms with Crippen LogP contribution in [0.3, 0.4) is 0 Å². The van der Waals surface area contributed by atoms with E-state index in [4.69, 9.17) is 11.6 Å². The molecule has 3 aromatic rings. The van der Waals surface area contributed by atoms with Crippen LogP contribution in [0.25, 0.3) is 0 Å². The smallest absolute Gasteiger partial charge is 0.0954 e. The largest absolute Gasteiger partial charge is 0.343 e. The lowest BCUT2D eigenvalue weighted by Crippen LogP contribution is -2.41. The summed E-state index contributed by atoms with van der Waals surface area (Å²) in [6.45, 7) is 0.779. The van der Waals surface area contributed by atoms with Crippen LogP contribution in [0.5, 0.6) is 0 Å². The molecule has 0 N–H and O–H groups in total. The molecule has 4 rings (SSSR count). The van der Waals surface area contributed by atoms with E-state index in [1.165, 1.54) is 16.9 Å². The van der Waals surface area contributed by atoms with Crippen molar-refractivity contribution in [2.45, 2.75) is 6.04 Å². The molecular weight excluding hydrogens is 328 g/mol. The quantitative estimate of drug-likeness (QED) is 0.584. The molecule has 0 aliphatic carbocycles. The van der Waals surface area contributed by atoms with Crippen molar-refractivity contribution in [3.05, 3.63) is 108 Å². The molecule has 2 nitrogen and oxygen atoms in total. The molecule has 0 spiro atoms. The standard InChI is InChI=1S/C22H19ClN2/c23-19-9-7-8-18(16-19)22-14-15-24(20-10-3-1-4-11-20)17-25(22)21-12-5-2-6-13-21/h1-16,22H,17H2. The Morgan fingerprint density at radius 1 is 0.760 bits per heavy atom. The molecule has 1 aliphatic rings. The minimum atomic E-state index is 0.154. The molecule has 1 atom stereocenters. The summed E-state index contributed by atoms with van der Waals surface area (Å²) in [6.07, 6.45) is 4.40. The molecule has 0 bridgehead atoms. The Morgan fingerprint density at radius 2 is 1.44 bits per heavy atom. The van der Waals surface area contributed by atoms with E-state index in [9.17, 15) is 0 Å². The van der Waals surface area contributed by atoms with Crippen LogP contribution in [0.15, 0.2) is 97.2 Å². The van der Waals surface area contributed by atoms with E-state index in [0.717, 1.165) is 11.7 Å². The van der Waals surface area contributed by atoms with Gasteiger partial charge in [-0.3, -0.25) is 0 Å². The Hall–Kier alpha value is -2.71. The topological polar surface area (TPSA) is 6.48 Å². The third-order valence-corrected chi connectivity index (χ3v) is 4.69. The third kappa shape index (κ3) is 3.40. The highest BCUT2D eigenvalue weighted by atomic mass is 35.5. The van der Waals surface area contributed by atoms with Gasteiger partial charge < -0.3 is 9.80 Å². The fraction of sp³-hybridized carbons (Fsp3) is 0.0909. The van der Waals surface area contributed by atoms with E-state index in [1.807, 2.05) is 30.3 Å². The maximum Gasteiger partial charge on any atom is 0.0954 e. The lowest BCUT2D eigenvalue weighted by molar-refractivity contribution is 0.689. The van der Waals surface area contributed by atoms with Gasteiger partial charge in [-0.2, -0.15) is 0 Å². The number of nitrogens with zero attached hydrogens (tertiary/aromatic N) is 2. The zero-order chi connectivity index (χ0) is 17.1. The van der Waals surface area contributed by atoms with Crippen LogP contribution in [0.2, 0.25) is 5.02 Å². The van der Waals surface area contributed by atoms with Crippen molar-refractivity contribution in [3.63, 3.8) is 0 Å². The van der Waals surface area contributed by atoms with Crippen LogP contribution < -0.4 is 9.80 Å². The molecule has 1 aliphatic heterocycles. The molecule has 0 fully saturated rings. The van der Waals surface area contributed by atoms with Gasteiger partial charge in [0.1, 0.15) is 0 Å².